The first-order valence-electron chi connectivity index (χ1n) is 14.0. The molecule has 2 aliphatic rings. The number of carbonyl (C=O) groups is 4. The minimum absolute atomic E-state index is 0.0208. The molecule has 3 aromatic carbocycles. The minimum atomic E-state index is -1.87. The lowest BCUT2D eigenvalue weighted by Gasteiger charge is -2.36. The van der Waals surface area contributed by atoms with E-state index in [1.54, 1.807) is 37.3 Å². The van der Waals surface area contributed by atoms with Crippen LogP contribution in [0.25, 0.3) is 6.08 Å². The minimum Gasteiger partial charge on any atom is -0.493 e. The number of ketones is 1. The van der Waals surface area contributed by atoms with Crippen molar-refractivity contribution in [3.8, 4) is 23.3 Å². The van der Waals surface area contributed by atoms with Crippen LogP contribution >= 0.6 is 0 Å². The molecule has 2 aliphatic heterocycles. The van der Waals surface area contributed by atoms with Crippen molar-refractivity contribution in [1.82, 2.24) is 0 Å². The molecule has 0 N–H and O–H groups in total. The van der Waals surface area contributed by atoms with Crippen molar-refractivity contribution in [2.75, 3.05) is 18.6 Å². The Morgan fingerprint density at radius 1 is 0.932 bits per heavy atom. The van der Waals surface area contributed by atoms with Crippen molar-refractivity contribution >= 4 is 35.5 Å². The van der Waals surface area contributed by atoms with E-state index in [-0.39, 0.29) is 35.2 Å². The molecule has 4 atom stereocenters. The lowest BCUT2D eigenvalue weighted by molar-refractivity contribution is -0.152. The Morgan fingerprint density at radius 3 is 2.27 bits per heavy atom. The second-order valence-corrected chi connectivity index (χ2v) is 10.4. The van der Waals surface area contributed by atoms with Gasteiger partial charge in [-0.2, -0.15) is 5.26 Å². The topological polar surface area (TPSA) is 132 Å². The number of benzene rings is 3. The predicted molar refractivity (Wildman–Crippen MR) is 159 cm³/mol. The molecule has 2 heterocycles. The molecule has 3 aromatic rings. The Bertz CT molecular complexity index is 1710. The van der Waals surface area contributed by atoms with Gasteiger partial charge in [-0.15, -0.1) is 0 Å². The van der Waals surface area contributed by atoms with Crippen LogP contribution in [0.2, 0.25) is 0 Å². The van der Waals surface area contributed by atoms with E-state index >= 15 is 0 Å². The number of fused-ring (bicyclic) bond motifs is 3. The SMILES string of the molecule is CCOC(=O)[C@]1(C#N)[C@@H]2C=Cc3ccccc3N2[C@H](C(=O)c2ccc(OC(C)=O)cc2)[C@@H]1c1ccc(OC(C)=O)c(OC)c1. The monoisotopic (exact) mass is 594 g/mol. The van der Waals surface area contributed by atoms with Crippen molar-refractivity contribution in [3.63, 3.8) is 0 Å². The maximum atomic E-state index is 14.6. The van der Waals surface area contributed by atoms with Gasteiger partial charge in [0.15, 0.2) is 22.7 Å². The summed E-state index contributed by atoms with van der Waals surface area (Å²) in [5.41, 5.74) is 0.326. The molecule has 224 valence electrons. The summed E-state index contributed by atoms with van der Waals surface area (Å²) in [5.74, 6) is -2.66. The first-order valence-corrected chi connectivity index (χ1v) is 14.0. The van der Waals surface area contributed by atoms with Gasteiger partial charge in [0.05, 0.1) is 25.8 Å². The van der Waals surface area contributed by atoms with Gasteiger partial charge in [-0.1, -0.05) is 36.4 Å². The zero-order chi connectivity index (χ0) is 31.6. The Kier molecular flexibility index (Phi) is 8.23. The predicted octanol–water partition coefficient (Wildman–Crippen LogP) is 4.87. The number of anilines is 1. The second-order valence-electron chi connectivity index (χ2n) is 10.4. The standard InChI is InChI=1S/C34H30N2O8/c1-5-42-33(40)34(19-35)29-17-13-22-8-6-7-9-26(22)36(29)31(32(39)23-10-14-25(15-11-23)43-20(2)37)30(34)24-12-16-27(44-21(3)38)28(18-24)41-4/h6-18,29-31H,5H2,1-4H3/t29-,30-,31-,34+/m0/s1. The fourth-order valence-corrected chi connectivity index (χ4v) is 6.13. The van der Waals surface area contributed by atoms with E-state index in [1.807, 2.05) is 35.2 Å². The van der Waals surface area contributed by atoms with E-state index in [1.165, 1.54) is 39.2 Å². The van der Waals surface area contributed by atoms with E-state index in [9.17, 15) is 24.4 Å². The molecular formula is C34H30N2O8. The molecule has 0 amide bonds. The molecule has 0 unspecified atom stereocenters. The quantitative estimate of drug-likeness (QED) is 0.202. The van der Waals surface area contributed by atoms with Gasteiger partial charge in [0.1, 0.15) is 11.8 Å². The first-order chi connectivity index (χ1) is 21.2. The average Bonchev–Trinajstić information content (AvgIpc) is 3.32. The molecule has 0 spiro atoms. The lowest BCUT2D eigenvalue weighted by Crippen LogP contribution is -2.47. The Balaban J connectivity index is 1.76. The van der Waals surface area contributed by atoms with Gasteiger partial charge >= 0.3 is 17.9 Å². The Labute approximate surface area is 254 Å². The summed E-state index contributed by atoms with van der Waals surface area (Å²) in [6.07, 6.45) is 3.60. The highest BCUT2D eigenvalue weighted by Gasteiger charge is 2.67. The third-order valence-corrected chi connectivity index (χ3v) is 7.81. The van der Waals surface area contributed by atoms with Crippen LogP contribution in [0.15, 0.2) is 72.8 Å². The zero-order valence-electron chi connectivity index (χ0n) is 24.6. The molecule has 5 rings (SSSR count). The zero-order valence-corrected chi connectivity index (χ0v) is 24.6. The van der Waals surface area contributed by atoms with Crippen molar-refractivity contribution in [3.05, 3.63) is 89.5 Å². The van der Waals surface area contributed by atoms with E-state index in [0.717, 1.165) is 5.56 Å². The van der Waals surface area contributed by atoms with Crippen molar-refractivity contribution in [1.29, 1.82) is 5.26 Å². The number of methoxy groups -OCH3 is 1. The summed E-state index contributed by atoms with van der Waals surface area (Å²) in [7, 11) is 1.40. The van der Waals surface area contributed by atoms with E-state index in [2.05, 4.69) is 6.07 Å². The number of nitriles is 1. The van der Waals surface area contributed by atoms with E-state index in [0.29, 0.717) is 11.3 Å². The molecular weight excluding hydrogens is 564 g/mol. The number of hydrogen-bond donors (Lipinski definition) is 0. The largest absolute Gasteiger partial charge is 0.493 e. The molecule has 1 fully saturated rings. The smallest absolute Gasteiger partial charge is 0.329 e. The number of ether oxygens (including phenoxy) is 4. The number of rotatable bonds is 8. The number of esters is 3. The van der Waals surface area contributed by atoms with Gasteiger partial charge in [-0.25, -0.2) is 0 Å². The van der Waals surface area contributed by atoms with Crippen LogP contribution in [0, 0.1) is 16.7 Å². The van der Waals surface area contributed by atoms with Gasteiger partial charge < -0.3 is 23.8 Å². The second kappa shape index (κ2) is 12.1. The summed E-state index contributed by atoms with van der Waals surface area (Å²) in [6.45, 7) is 4.21. The maximum Gasteiger partial charge on any atom is 0.329 e. The van der Waals surface area contributed by atoms with Gasteiger partial charge in [0, 0.05) is 31.0 Å². The normalized spacial score (nSPS) is 21.3. The van der Waals surface area contributed by atoms with Crippen LogP contribution in [-0.4, -0.2) is 49.5 Å². The van der Waals surface area contributed by atoms with Crippen LogP contribution in [0.1, 0.15) is 48.2 Å². The van der Waals surface area contributed by atoms with Crippen LogP contribution in [0.5, 0.6) is 17.2 Å². The van der Waals surface area contributed by atoms with Crippen LogP contribution < -0.4 is 19.1 Å². The molecule has 1 saturated heterocycles. The summed E-state index contributed by atoms with van der Waals surface area (Å²) in [6, 6.07) is 18.6. The molecule has 44 heavy (non-hydrogen) atoms. The summed E-state index contributed by atoms with van der Waals surface area (Å²) in [4.78, 5) is 53.7. The van der Waals surface area contributed by atoms with E-state index < -0.39 is 41.3 Å². The average molecular weight is 595 g/mol. The van der Waals surface area contributed by atoms with Gasteiger partial charge in [0.2, 0.25) is 0 Å². The number of nitrogens with zero attached hydrogens (tertiary/aromatic N) is 2. The van der Waals surface area contributed by atoms with Crippen molar-refractivity contribution < 1.29 is 38.1 Å². The van der Waals surface area contributed by atoms with Crippen molar-refractivity contribution in [2.45, 2.75) is 38.8 Å². The van der Waals surface area contributed by atoms with Gasteiger partial charge in [-0.3, -0.25) is 19.2 Å². The molecule has 0 radical (unpaired) electrons. The molecule has 0 aromatic heterocycles. The summed E-state index contributed by atoms with van der Waals surface area (Å²) < 4.78 is 21.5. The first kappa shape index (κ1) is 30.0. The maximum absolute atomic E-state index is 14.6. The van der Waals surface area contributed by atoms with Crippen LogP contribution in [0.4, 0.5) is 5.69 Å². The van der Waals surface area contributed by atoms with Crippen molar-refractivity contribution in [2.24, 2.45) is 5.41 Å². The summed E-state index contributed by atoms with van der Waals surface area (Å²) in [5, 5.41) is 11.0. The Morgan fingerprint density at radius 2 is 1.64 bits per heavy atom. The molecule has 0 bridgehead atoms. The summed E-state index contributed by atoms with van der Waals surface area (Å²) >= 11 is 0. The van der Waals surface area contributed by atoms with Crippen LogP contribution in [0.3, 0.4) is 0 Å². The number of carbonyl (C=O) groups excluding carboxylic acids is 4. The molecule has 10 heteroatoms. The Hall–Kier alpha value is -5.43. The fourth-order valence-electron chi connectivity index (χ4n) is 6.13. The molecule has 0 saturated carbocycles. The third-order valence-electron chi connectivity index (χ3n) is 7.81. The van der Waals surface area contributed by atoms with E-state index in [4.69, 9.17) is 18.9 Å². The highest BCUT2D eigenvalue weighted by atomic mass is 16.6. The molecule has 10 nitrogen and oxygen atoms in total. The van der Waals surface area contributed by atoms with Gasteiger partial charge in [-0.05, 0) is 60.5 Å². The van der Waals surface area contributed by atoms with Crippen LogP contribution in [-0.2, 0) is 19.1 Å². The lowest BCUT2D eigenvalue weighted by atomic mass is 9.68. The number of hydrogen-bond acceptors (Lipinski definition) is 10. The van der Waals surface area contributed by atoms with Gasteiger partial charge in [0.25, 0.3) is 0 Å². The number of para-hydroxylation sites is 1. The number of Topliss-reactive ketones (excluding diaryl/α,β-unsaturated/α-hetero) is 1. The fraction of sp³-hybridized carbons (Fsp3) is 0.265. The third kappa shape index (κ3) is 5.07. The molecule has 0 aliphatic carbocycles. The highest BCUT2D eigenvalue weighted by molar-refractivity contribution is 6.06. The highest BCUT2D eigenvalue weighted by Crippen LogP contribution is 2.57.